The van der Waals surface area contributed by atoms with Gasteiger partial charge in [0.2, 0.25) is 5.95 Å². The Morgan fingerprint density at radius 2 is 2.03 bits per heavy atom. The highest BCUT2D eigenvalue weighted by atomic mass is 19.3. The fourth-order valence-electron chi connectivity index (χ4n) is 4.11. The van der Waals surface area contributed by atoms with Gasteiger partial charge in [0.15, 0.2) is 0 Å². The molecule has 2 aromatic rings. The lowest BCUT2D eigenvalue weighted by Crippen LogP contribution is -2.44. The van der Waals surface area contributed by atoms with Gasteiger partial charge in [0.25, 0.3) is 0 Å². The van der Waals surface area contributed by atoms with Gasteiger partial charge in [-0.3, -0.25) is 0 Å². The number of alkyl halides is 2. The summed E-state index contributed by atoms with van der Waals surface area (Å²) >= 11 is 0. The fraction of sp³-hybridized carbons (Fsp3) is 0.522. The van der Waals surface area contributed by atoms with Crippen LogP contribution in [0.5, 0.6) is 5.75 Å². The molecule has 3 heterocycles. The third-order valence-corrected chi connectivity index (χ3v) is 6.00. The van der Waals surface area contributed by atoms with Crippen molar-refractivity contribution in [2.75, 3.05) is 25.1 Å². The summed E-state index contributed by atoms with van der Waals surface area (Å²) in [6, 6.07) is 6.23. The Balaban J connectivity index is 1.37. The molecule has 0 radical (unpaired) electrons. The number of aromatic nitrogens is 2. The first-order valence-electron chi connectivity index (χ1n) is 11.3. The molecule has 8 nitrogen and oxygen atoms in total. The predicted molar refractivity (Wildman–Crippen MR) is 118 cm³/mol. The monoisotopic (exact) mass is 461 g/mol. The average Bonchev–Trinajstić information content (AvgIpc) is 2.83. The third-order valence-electron chi connectivity index (χ3n) is 6.00. The summed E-state index contributed by atoms with van der Waals surface area (Å²) in [6.45, 7) is 1.54. The number of nitrogens with one attached hydrogen (secondary N) is 2. The van der Waals surface area contributed by atoms with Gasteiger partial charge in [-0.05, 0) is 48.9 Å². The summed E-state index contributed by atoms with van der Waals surface area (Å²) in [4.78, 5) is 23.8. The Labute approximate surface area is 191 Å². The van der Waals surface area contributed by atoms with Gasteiger partial charge in [-0.25, -0.2) is 14.8 Å². The second-order valence-electron chi connectivity index (χ2n) is 8.23. The van der Waals surface area contributed by atoms with E-state index in [9.17, 15) is 13.6 Å². The Kier molecular flexibility index (Phi) is 7.54. The molecule has 1 unspecified atom stereocenters. The van der Waals surface area contributed by atoms with E-state index in [1.54, 1.807) is 17.0 Å². The summed E-state index contributed by atoms with van der Waals surface area (Å²) in [5.74, 6) is 0.674. The summed E-state index contributed by atoms with van der Waals surface area (Å²) in [6.07, 6.45) is 5.03. The summed E-state index contributed by atoms with van der Waals surface area (Å²) < 4.78 is 34.5. The number of amides is 2. The first-order valence-corrected chi connectivity index (χ1v) is 11.3. The van der Waals surface area contributed by atoms with Gasteiger partial charge in [-0.1, -0.05) is 19.1 Å². The zero-order valence-electron chi connectivity index (χ0n) is 18.6. The minimum absolute atomic E-state index is 0.0902. The molecular weight excluding hydrogens is 432 g/mol. The molecule has 1 aromatic heterocycles. The number of anilines is 1. The normalized spacial score (nSPS) is 17.4. The van der Waals surface area contributed by atoms with Crippen molar-refractivity contribution < 1.29 is 23.0 Å². The number of ether oxygens (including phenoxy) is 2. The lowest BCUT2D eigenvalue weighted by atomic mass is 10.0. The molecule has 1 fully saturated rings. The molecule has 0 spiro atoms. The molecule has 1 saturated heterocycles. The number of urea groups is 1. The van der Waals surface area contributed by atoms with E-state index in [2.05, 4.69) is 25.3 Å². The lowest BCUT2D eigenvalue weighted by Gasteiger charge is -2.30. The van der Waals surface area contributed by atoms with E-state index < -0.39 is 6.61 Å². The molecule has 1 atom stereocenters. The first-order chi connectivity index (χ1) is 16.0. The fourth-order valence-corrected chi connectivity index (χ4v) is 4.11. The zero-order chi connectivity index (χ0) is 23.2. The van der Waals surface area contributed by atoms with Gasteiger partial charge in [0.1, 0.15) is 5.75 Å². The smallest absolute Gasteiger partial charge is 0.387 e. The highest BCUT2D eigenvalue weighted by Gasteiger charge is 2.25. The Morgan fingerprint density at radius 3 is 2.73 bits per heavy atom. The van der Waals surface area contributed by atoms with Gasteiger partial charge in [-0.15, -0.1) is 0 Å². The van der Waals surface area contributed by atoms with Crippen LogP contribution in [0.4, 0.5) is 19.5 Å². The number of nitrogens with zero attached hydrogens (tertiary/aromatic N) is 3. The molecule has 33 heavy (non-hydrogen) atoms. The van der Waals surface area contributed by atoms with Crippen LogP contribution in [0, 0.1) is 0 Å². The van der Waals surface area contributed by atoms with Crippen LogP contribution in [0.3, 0.4) is 0 Å². The summed E-state index contributed by atoms with van der Waals surface area (Å²) in [7, 11) is 0. The van der Waals surface area contributed by atoms with E-state index in [-0.39, 0.29) is 17.8 Å². The number of carbonyl (C=O) groups excluding carboxylic acids is 1. The van der Waals surface area contributed by atoms with Crippen LogP contribution < -0.4 is 15.4 Å². The van der Waals surface area contributed by atoms with Crippen molar-refractivity contribution in [3.05, 3.63) is 47.3 Å². The van der Waals surface area contributed by atoms with E-state index in [0.717, 1.165) is 42.9 Å². The van der Waals surface area contributed by atoms with E-state index >= 15 is 0 Å². The number of carbonyl (C=O) groups is 1. The van der Waals surface area contributed by atoms with Crippen LogP contribution in [-0.2, 0) is 17.7 Å². The molecule has 0 bridgehead atoms. The minimum Gasteiger partial charge on any atom is -0.435 e. The molecule has 10 heteroatoms. The van der Waals surface area contributed by atoms with Gasteiger partial charge in [0.05, 0.1) is 18.3 Å². The average molecular weight is 462 g/mol. The topological polar surface area (TPSA) is 88.6 Å². The minimum atomic E-state index is -2.87. The summed E-state index contributed by atoms with van der Waals surface area (Å²) in [5.41, 5.74) is 2.73. The second kappa shape index (κ2) is 10.7. The Bertz CT molecular complexity index is 938. The largest absolute Gasteiger partial charge is 0.435 e. The number of benzene rings is 1. The van der Waals surface area contributed by atoms with Crippen molar-refractivity contribution in [3.8, 4) is 5.75 Å². The number of rotatable bonds is 7. The van der Waals surface area contributed by atoms with Crippen LogP contribution in [0.15, 0.2) is 30.5 Å². The van der Waals surface area contributed by atoms with Crippen LogP contribution >= 0.6 is 0 Å². The van der Waals surface area contributed by atoms with Gasteiger partial charge >= 0.3 is 12.6 Å². The zero-order valence-corrected chi connectivity index (χ0v) is 18.6. The molecule has 178 valence electrons. The highest BCUT2D eigenvalue weighted by molar-refractivity contribution is 5.75. The molecule has 2 amide bonds. The predicted octanol–water partition coefficient (Wildman–Crippen LogP) is 3.89. The highest BCUT2D eigenvalue weighted by Crippen LogP contribution is 2.23. The molecule has 1 aromatic carbocycles. The molecule has 4 rings (SSSR count). The second-order valence-corrected chi connectivity index (χ2v) is 8.23. The van der Waals surface area contributed by atoms with Gasteiger partial charge in [0, 0.05) is 32.0 Å². The van der Waals surface area contributed by atoms with E-state index in [4.69, 9.17) is 4.74 Å². The molecular formula is C23H29F2N5O3. The van der Waals surface area contributed by atoms with Crippen LogP contribution in [0.1, 0.15) is 49.0 Å². The van der Waals surface area contributed by atoms with Crippen LogP contribution in [-0.4, -0.2) is 53.3 Å². The lowest BCUT2D eigenvalue weighted by molar-refractivity contribution is -0.0498. The van der Waals surface area contributed by atoms with Crippen molar-refractivity contribution in [2.45, 2.75) is 57.8 Å². The van der Waals surface area contributed by atoms with Gasteiger partial charge in [-0.2, -0.15) is 8.78 Å². The summed E-state index contributed by atoms with van der Waals surface area (Å²) in [5, 5.41) is 6.42. The Hall–Kier alpha value is -3.01. The third kappa shape index (κ3) is 6.07. The maximum atomic E-state index is 13.0. The van der Waals surface area contributed by atoms with Crippen LogP contribution in [0.2, 0.25) is 0 Å². The number of halogens is 2. The first kappa shape index (κ1) is 23.2. The van der Waals surface area contributed by atoms with Crippen LogP contribution in [0.25, 0.3) is 0 Å². The van der Waals surface area contributed by atoms with Crippen molar-refractivity contribution >= 4 is 12.0 Å². The van der Waals surface area contributed by atoms with E-state index in [1.165, 1.54) is 12.1 Å². The SMILES string of the molecule is CCC(NC(=O)N1CCc2cnc(NC3CCOCC3)nc2C1)c1ccc(OC(F)F)cc1. The van der Waals surface area contributed by atoms with Crippen molar-refractivity contribution in [1.82, 2.24) is 20.2 Å². The van der Waals surface area contributed by atoms with E-state index in [1.807, 2.05) is 13.1 Å². The number of hydrogen-bond acceptors (Lipinski definition) is 6. The van der Waals surface area contributed by atoms with Crippen molar-refractivity contribution in [1.29, 1.82) is 0 Å². The number of fused-ring (bicyclic) bond motifs is 1. The molecule has 2 N–H and O–H groups in total. The number of hydrogen-bond donors (Lipinski definition) is 2. The quantitative estimate of drug-likeness (QED) is 0.651. The van der Waals surface area contributed by atoms with Crippen molar-refractivity contribution in [2.24, 2.45) is 0 Å². The molecule has 0 aliphatic carbocycles. The molecule has 2 aliphatic rings. The molecule has 2 aliphatic heterocycles. The van der Waals surface area contributed by atoms with Gasteiger partial charge < -0.3 is 25.0 Å². The Morgan fingerprint density at radius 1 is 1.27 bits per heavy atom. The standard InChI is InChI=1S/C23H29F2N5O3/c1-2-19(15-3-5-18(6-4-15)33-21(24)25)29-23(31)30-10-7-16-13-26-22(28-20(16)14-30)27-17-8-11-32-12-9-17/h3-6,13,17,19,21H,2,7-12,14H2,1H3,(H,29,31)(H,26,27,28). The van der Waals surface area contributed by atoms with Crippen molar-refractivity contribution in [3.63, 3.8) is 0 Å². The maximum absolute atomic E-state index is 13.0. The van der Waals surface area contributed by atoms with E-state index in [0.29, 0.717) is 37.9 Å². The molecule has 0 saturated carbocycles. The maximum Gasteiger partial charge on any atom is 0.387 e.